The molecule has 0 unspecified atom stereocenters. The van der Waals surface area contributed by atoms with E-state index in [1.54, 1.807) is 18.3 Å². The number of benzene rings is 1. The molecule has 0 fully saturated rings. The Morgan fingerprint density at radius 1 is 1.26 bits per heavy atom. The molecule has 140 valence electrons. The normalized spacial score (nSPS) is 13.6. The molecule has 0 saturated heterocycles. The van der Waals surface area contributed by atoms with Gasteiger partial charge in [0.25, 0.3) is 5.91 Å². The highest BCUT2D eigenvalue weighted by Crippen LogP contribution is 2.28. The third kappa shape index (κ3) is 3.87. The van der Waals surface area contributed by atoms with Crippen LogP contribution < -0.4 is 15.9 Å². The van der Waals surface area contributed by atoms with E-state index in [0.29, 0.717) is 16.1 Å². The van der Waals surface area contributed by atoms with E-state index in [-0.39, 0.29) is 11.4 Å². The average molecular weight is 377 g/mol. The summed E-state index contributed by atoms with van der Waals surface area (Å²) in [6, 6.07) is 6.24. The smallest absolute Gasteiger partial charge is 0.386 e. The number of rotatable bonds is 3. The number of nitrogens with zero attached hydrogens (tertiary/aromatic N) is 3. The minimum atomic E-state index is -4.66. The van der Waals surface area contributed by atoms with Gasteiger partial charge in [-0.1, -0.05) is 10.8 Å². The lowest BCUT2D eigenvalue weighted by molar-refractivity contribution is -0.417. The first kappa shape index (κ1) is 18.7. The highest BCUT2D eigenvalue weighted by molar-refractivity contribution is 6.03. The Kier molecular flexibility index (Phi) is 4.35. The minimum absolute atomic E-state index is 0.243. The number of amides is 1. The quantitative estimate of drug-likeness (QED) is 0.798. The number of aliphatic hydroxyl groups is 1. The van der Waals surface area contributed by atoms with E-state index >= 15 is 0 Å². The molecule has 2 N–H and O–H groups in total. The zero-order valence-electron chi connectivity index (χ0n) is 14.5. The van der Waals surface area contributed by atoms with Gasteiger partial charge < -0.3 is 10.4 Å². The number of hydrogen-bond acceptors (Lipinski definition) is 4. The molecule has 27 heavy (non-hydrogen) atoms. The third-order valence-electron chi connectivity index (χ3n) is 3.87. The fourth-order valence-corrected chi connectivity index (χ4v) is 2.64. The molecule has 1 aromatic heterocycles. The molecule has 6 nitrogen and oxygen atoms in total. The molecule has 2 heterocycles. The Morgan fingerprint density at radius 3 is 2.59 bits per heavy atom. The van der Waals surface area contributed by atoms with Crippen LogP contribution in [-0.2, 0) is 11.8 Å². The Morgan fingerprint density at radius 2 is 1.96 bits per heavy atom. The van der Waals surface area contributed by atoms with Crippen molar-refractivity contribution >= 4 is 24.5 Å². The van der Waals surface area contributed by atoms with Gasteiger partial charge in [0.05, 0.1) is 10.8 Å². The Bertz CT molecular complexity index is 1070. The van der Waals surface area contributed by atoms with Crippen LogP contribution in [0.3, 0.4) is 0 Å². The summed E-state index contributed by atoms with van der Waals surface area (Å²) in [6.45, 7) is 6.70. The van der Waals surface area contributed by atoms with Crippen LogP contribution in [0.25, 0.3) is 6.20 Å². The van der Waals surface area contributed by atoms with Gasteiger partial charge in [-0.05, 0) is 38.1 Å². The molecular weight excluding hydrogens is 361 g/mol. The van der Waals surface area contributed by atoms with Gasteiger partial charge in [-0.3, -0.25) is 4.79 Å². The summed E-state index contributed by atoms with van der Waals surface area (Å²) in [4.78, 5) is 15.8. The summed E-state index contributed by atoms with van der Waals surface area (Å²) in [5.41, 5.74) is -2.28. The van der Waals surface area contributed by atoms with Crippen LogP contribution in [0.1, 0.15) is 35.6 Å². The van der Waals surface area contributed by atoms with Crippen molar-refractivity contribution in [1.82, 2.24) is 4.98 Å². The van der Waals surface area contributed by atoms with Gasteiger partial charge >= 0.3 is 6.18 Å². The summed E-state index contributed by atoms with van der Waals surface area (Å²) in [5.74, 6) is -0.826. The summed E-state index contributed by atoms with van der Waals surface area (Å²) in [7, 11) is 0. The van der Waals surface area contributed by atoms with Crippen molar-refractivity contribution in [3.05, 3.63) is 57.9 Å². The molecule has 1 aliphatic rings. The number of pyridine rings is 1. The molecule has 2 aromatic rings. The van der Waals surface area contributed by atoms with E-state index in [1.165, 1.54) is 24.6 Å². The van der Waals surface area contributed by atoms with Crippen LogP contribution in [0.5, 0.6) is 0 Å². The molecule has 0 radical (unpaired) electrons. The molecule has 9 heteroatoms. The number of fused-ring (bicyclic) bond motifs is 1. The molecular formula is C18H16F3N4O2+. The number of halogens is 3. The number of aromatic nitrogens is 1. The maximum atomic E-state index is 12.8. The van der Waals surface area contributed by atoms with Crippen LogP contribution in [0.2, 0.25) is 0 Å². The second kappa shape index (κ2) is 6.27. The van der Waals surface area contributed by atoms with Gasteiger partial charge in [0.2, 0.25) is 6.20 Å². The Hall–Kier alpha value is -3.07. The number of alkyl halides is 3. The predicted octanol–water partition coefficient (Wildman–Crippen LogP) is 1.58. The summed E-state index contributed by atoms with van der Waals surface area (Å²) >= 11 is 0. The van der Waals surface area contributed by atoms with Crippen molar-refractivity contribution in [2.24, 2.45) is 5.10 Å². The van der Waals surface area contributed by atoms with E-state index in [4.69, 9.17) is 0 Å². The molecule has 0 bridgehead atoms. The fourth-order valence-electron chi connectivity index (χ4n) is 2.64. The van der Waals surface area contributed by atoms with Crippen LogP contribution in [-0.4, -0.2) is 27.4 Å². The maximum Gasteiger partial charge on any atom is 0.433 e. The Labute approximate surface area is 152 Å². The monoisotopic (exact) mass is 377 g/mol. The lowest BCUT2D eigenvalue weighted by Gasteiger charge is -2.21. The van der Waals surface area contributed by atoms with Crippen molar-refractivity contribution in [3.63, 3.8) is 0 Å². The van der Waals surface area contributed by atoms with Crippen LogP contribution >= 0.6 is 0 Å². The average Bonchev–Trinajstić information content (AvgIpc) is 2.91. The fraction of sp³-hybridized carbons (Fsp3) is 0.222. The summed E-state index contributed by atoms with van der Waals surface area (Å²) in [6.07, 6.45) is -3.04. The first-order valence-electron chi connectivity index (χ1n) is 7.88. The summed E-state index contributed by atoms with van der Waals surface area (Å²) in [5, 5.41) is 18.3. The SMILES string of the molecule is C=[N+]1C=c2cc(NC(=O)c3cccc(C(F)(F)F)n3)c(C(C)(C)O)cc2=N1. The van der Waals surface area contributed by atoms with E-state index in [9.17, 15) is 23.1 Å². The first-order chi connectivity index (χ1) is 12.4. The van der Waals surface area contributed by atoms with Crippen molar-refractivity contribution < 1.29 is 27.8 Å². The topological polar surface area (TPSA) is 77.6 Å². The van der Waals surface area contributed by atoms with Gasteiger partial charge in [0, 0.05) is 16.4 Å². The number of anilines is 1. The zero-order chi connectivity index (χ0) is 20.0. The lowest BCUT2D eigenvalue weighted by Crippen LogP contribution is -2.29. The Balaban J connectivity index is 2.03. The van der Waals surface area contributed by atoms with Gasteiger partial charge in [-0.2, -0.15) is 13.2 Å². The van der Waals surface area contributed by atoms with Gasteiger partial charge in [0.15, 0.2) is 6.72 Å². The molecule has 1 aromatic carbocycles. The second-order valence-electron chi connectivity index (χ2n) is 6.54. The van der Waals surface area contributed by atoms with Crippen molar-refractivity contribution in [1.29, 1.82) is 0 Å². The van der Waals surface area contributed by atoms with E-state index in [1.807, 2.05) is 0 Å². The highest BCUT2D eigenvalue weighted by atomic mass is 19.4. The number of carbonyl (C=O) groups is 1. The number of nitrogens with one attached hydrogen (secondary N) is 1. The van der Waals surface area contributed by atoms with E-state index in [0.717, 1.165) is 12.1 Å². The van der Waals surface area contributed by atoms with Crippen molar-refractivity contribution in [3.8, 4) is 0 Å². The second-order valence-corrected chi connectivity index (χ2v) is 6.54. The molecule has 0 spiro atoms. The molecule has 1 aliphatic heterocycles. The van der Waals surface area contributed by atoms with Gasteiger partial charge in [0.1, 0.15) is 16.7 Å². The van der Waals surface area contributed by atoms with Crippen molar-refractivity contribution in [2.75, 3.05) is 5.32 Å². The van der Waals surface area contributed by atoms with Gasteiger partial charge in [-0.25, -0.2) is 4.98 Å². The molecule has 3 rings (SSSR count). The molecule has 1 amide bonds. The predicted molar refractivity (Wildman–Crippen MR) is 91.5 cm³/mol. The van der Waals surface area contributed by atoms with Crippen LogP contribution in [0.4, 0.5) is 18.9 Å². The van der Waals surface area contributed by atoms with E-state index < -0.39 is 23.4 Å². The minimum Gasteiger partial charge on any atom is -0.386 e. The first-order valence-corrected chi connectivity index (χ1v) is 7.88. The van der Waals surface area contributed by atoms with E-state index in [2.05, 4.69) is 22.1 Å². The zero-order valence-corrected chi connectivity index (χ0v) is 14.5. The number of carbonyl (C=O) groups excluding carboxylic acids is 1. The number of hydrogen-bond donors (Lipinski definition) is 2. The molecule has 0 atom stereocenters. The molecule has 0 saturated carbocycles. The maximum absolute atomic E-state index is 12.8. The highest BCUT2D eigenvalue weighted by Gasteiger charge is 2.33. The van der Waals surface area contributed by atoms with Crippen LogP contribution in [0, 0.1) is 0 Å². The van der Waals surface area contributed by atoms with Crippen LogP contribution in [0.15, 0.2) is 35.4 Å². The lowest BCUT2D eigenvalue weighted by atomic mass is 9.95. The third-order valence-corrected chi connectivity index (χ3v) is 3.87. The largest absolute Gasteiger partial charge is 0.433 e. The summed E-state index contributed by atoms with van der Waals surface area (Å²) < 4.78 is 39.8. The van der Waals surface area contributed by atoms with Crippen molar-refractivity contribution in [2.45, 2.75) is 25.6 Å². The molecule has 0 aliphatic carbocycles. The van der Waals surface area contributed by atoms with Gasteiger partial charge in [-0.15, -0.1) is 0 Å². The standard InChI is InChI=1S/C18H15F3N4O2/c1-17(2,27)11-8-13-10(9-25(3)24-13)7-14(11)23-16(26)12-5-4-6-15(22-12)18(19,20)21/h4-9,27H,3H2,1-2H3/p+1.